The minimum Gasteiger partial charge on any atom is -0.477 e. The van der Waals surface area contributed by atoms with Crippen molar-refractivity contribution in [2.24, 2.45) is 10.9 Å². The molecule has 3 amide bonds. The number of oxime groups is 1. The second-order valence-corrected chi connectivity index (χ2v) is 10.9. The molecule has 2 fully saturated rings. The van der Waals surface area contributed by atoms with Gasteiger partial charge in [-0.25, -0.2) is 9.59 Å². The van der Waals surface area contributed by atoms with Crippen molar-refractivity contribution in [1.29, 1.82) is 0 Å². The smallest absolute Gasteiger partial charge is 0.352 e. The standard InChI is InChI=1S/C26H25N7O9S/c1-13(34)42-29-22(30-11-19(27)43-12-30)23(35)28-20-18-6-5-14(21(26(38)39)32(18)25(20)37)9-15-7-8-31(24(15)36)16-3-2-4-17(10-16)33(40)41/h2-4,9-11,18,20H,5-8,12,27H2,1H3,(H,28,35)(H,38,39)/t18-,20+/m1/s1. The third kappa shape index (κ3) is 5.66. The number of nitrogens with two attached hydrogens (primary N) is 1. The van der Waals surface area contributed by atoms with Crippen molar-refractivity contribution in [2.75, 3.05) is 17.3 Å². The zero-order chi connectivity index (χ0) is 31.0. The Morgan fingerprint density at radius 3 is 2.70 bits per heavy atom. The van der Waals surface area contributed by atoms with Crippen LogP contribution < -0.4 is 16.0 Å². The number of β-lactam (4-membered cyclic amide) rings is 1. The predicted molar refractivity (Wildman–Crippen MR) is 150 cm³/mol. The number of hydrogen-bond donors (Lipinski definition) is 3. The van der Waals surface area contributed by atoms with Gasteiger partial charge in [0.2, 0.25) is 5.84 Å². The van der Waals surface area contributed by atoms with Crippen molar-refractivity contribution in [3.63, 3.8) is 0 Å². The summed E-state index contributed by atoms with van der Waals surface area (Å²) >= 11 is 1.22. The van der Waals surface area contributed by atoms with Crippen molar-refractivity contribution in [3.05, 3.63) is 68.5 Å². The first-order valence-electron chi connectivity index (χ1n) is 13.0. The number of thioether (sulfide) groups is 1. The van der Waals surface area contributed by atoms with E-state index in [1.807, 2.05) is 0 Å². The van der Waals surface area contributed by atoms with Crippen LogP contribution in [0.4, 0.5) is 11.4 Å². The van der Waals surface area contributed by atoms with E-state index < -0.39 is 46.7 Å². The highest BCUT2D eigenvalue weighted by Crippen LogP contribution is 2.38. The molecule has 5 rings (SSSR count). The number of carboxylic acids is 1. The van der Waals surface area contributed by atoms with Gasteiger partial charge in [0.1, 0.15) is 11.7 Å². The molecule has 4 aliphatic heterocycles. The fraction of sp³-hybridized carbons (Fsp3) is 0.308. The molecule has 43 heavy (non-hydrogen) atoms. The van der Waals surface area contributed by atoms with Gasteiger partial charge in [0, 0.05) is 37.4 Å². The molecule has 224 valence electrons. The maximum Gasteiger partial charge on any atom is 0.352 e. The molecule has 17 heteroatoms. The largest absolute Gasteiger partial charge is 0.477 e. The number of nitrogens with zero attached hydrogens (tertiary/aromatic N) is 5. The Morgan fingerprint density at radius 2 is 2.05 bits per heavy atom. The molecule has 0 aromatic heterocycles. The van der Waals surface area contributed by atoms with Gasteiger partial charge in [0.15, 0.2) is 0 Å². The normalized spacial score (nSPS) is 22.8. The van der Waals surface area contributed by atoms with Gasteiger partial charge in [-0.15, -0.1) is 0 Å². The molecule has 0 unspecified atom stereocenters. The summed E-state index contributed by atoms with van der Waals surface area (Å²) in [4.78, 5) is 82.0. The highest BCUT2D eigenvalue weighted by atomic mass is 32.2. The van der Waals surface area contributed by atoms with E-state index in [1.165, 1.54) is 52.0 Å². The first kappa shape index (κ1) is 29.3. The SMILES string of the molecule is CC(=O)ON=C(C(=O)N[C@@H]1C(=O)N2C(C(=O)O)=C(C=C3CCN(c4cccc([N+](=O)[O-])c4)C3=O)CC[C@H]12)N1C=C(N)SC1. The van der Waals surface area contributed by atoms with Gasteiger partial charge in [-0.05, 0) is 37.0 Å². The number of carboxylic acid groups (broad SMARTS) is 1. The Balaban J connectivity index is 1.34. The van der Waals surface area contributed by atoms with Crippen molar-refractivity contribution < 1.29 is 38.8 Å². The monoisotopic (exact) mass is 611 g/mol. The minimum atomic E-state index is -1.37. The van der Waals surface area contributed by atoms with E-state index >= 15 is 0 Å². The van der Waals surface area contributed by atoms with Crippen molar-refractivity contribution >= 4 is 58.6 Å². The summed E-state index contributed by atoms with van der Waals surface area (Å²) in [6.07, 6.45) is 3.65. The maximum atomic E-state index is 13.2. The second-order valence-electron chi connectivity index (χ2n) is 9.87. The predicted octanol–water partition coefficient (Wildman–Crippen LogP) is 0.727. The van der Waals surface area contributed by atoms with Crippen LogP contribution in [-0.2, 0) is 28.8 Å². The molecule has 0 aliphatic carbocycles. The summed E-state index contributed by atoms with van der Waals surface area (Å²) in [5.41, 5.74) is 6.23. The zero-order valence-corrected chi connectivity index (χ0v) is 23.4. The summed E-state index contributed by atoms with van der Waals surface area (Å²) in [5.74, 6) is -4.14. The van der Waals surface area contributed by atoms with Crippen LogP contribution in [0.5, 0.6) is 0 Å². The van der Waals surface area contributed by atoms with Gasteiger partial charge >= 0.3 is 11.9 Å². The van der Waals surface area contributed by atoms with Crippen LogP contribution >= 0.6 is 11.8 Å². The lowest BCUT2D eigenvalue weighted by molar-refractivity contribution is -0.384. The van der Waals surface area contributed by atoms with E-state index in [0.29, 0.717) is 16.3 Å². The van der Waals surface area contributed by atoms with Crippen LogP contribution in [0.3, 0.4) is 0 Å². The highest BCUT2D eigenvalue weighted by molar-refractivity contribution is 8.03. The Hall–Kier alpha value is -5.19. The number of amides is 3. The molecule has 1 aromatic carbocycles. The van der Waals surface area contributed by atoms with Crippen molar-refractivity contribution in [2.45, 2.75) is 38.3 Å². The topological polar surface area (TPSA) is 218 Å². The van der Waals surface area contributed by atoms with Gasteiger partial charge in [0.05, 0.1) is 27.6 Å². The fourth-order valence-corrected chi connectivity index (χ4v) is 5.93. The van der Waals surface area contributed by atoms with Gasteiger partial charge in [0.25, 0.3) is 23.4 Å². The number of nitro groups is 1. The Bertz CT molecular complexity index is 1580. The molecule has 4 heterocycles. The minimum absolute atomic E-state index is 0.167. The average molecular weight is 612 g/mol. The quantitative estimate of drug-likeness (QED) is 0.0771. The Morgan fingerprint density at radius 1 is 1.28 bits per heavy atom. The number of allylic oxidation sites excluding steroid dienone is 2. The molecular weight excluding hydrogens is 586 g/mol. The summed E-state index contributed by atoms with van der Waals surface area (Å²) in [6.45, 7) is 1.35. The van der Waals surface area contributed by atoms with E-state index in [0.717, 1.165) is 11.8 Å². The van der Waals surface area contributed by atoms with E-state index in [9.17, 15) is 39.2 Å². The number of rotatable bonds is 6. The summed E-state index contributed by atoms with van der Waals surface area (Å²) < 4.78 is 0. The highest BCUT2D eigenvalue weighted by Gasteiger charge is 2.53. The molecule has 2 atom stereocenters. The molecule has 0 radical (unpaired) electrons. The second kappa shape index (κ2) is 11.6. The first-order valence-corrected chi connectivity index (χ1v) is 13.9. The van der Waals surface area contributed by atoms with Gasteiger partial charge in [-0.3, -0.25) is 29.4 Å². The summed E-state index contributed by atoms with van der Waals surface area (Å²) in [5, 5.41) is 27.7. The van der Waals surface area contributed by atoms with Crippen LogP contribution in [0, 0.1) is 10.1 Å². The average Bonchev–Trinajstić information content (AvgIpc) is 3.56. The third-order valence-corrected chi connectivity index (χ3v) is 8.02. The number of benzene rings is 1. The number of carbonyl (C=O) groups is 5. The zero-order valence-electron chi connectivity index (χ0n) is 22.6. The molecule has 2 saturated heterocycles. The number of anilines is 1. The van der Waals surface area contributed by atoms with Crippen LogP contribution in [0.1, 0.15) is 26.2 Å². The number of non-ortho nitro benzene ring substituents is 1. The van der Waals surface area contributed by atoms with E-state index in [-0.39, 0.29) is 54.5 Å². The van der Waals surface area contributed by atoms with Gasteiger partial charge in [-0.2, -0.15) is 0 Å². The number of amidine groups is 1. The molecule has 4 N–H and O–H groups in total. The first-order chi connectivity index (χ1) is 20.5. The maximum absolute atomic E-state index is 13.2. The number of nitro benzene ring substituents is 1. The van der Waals surface area contributed by atoms with Crippen LogP contribution in [-0.4, -0.2) is 79.8 Å². The number of nitrogens with one attached hydrogen (secondary N) is 1. The molecule has 0 saturated carbocycles. The summed E-state index contributed by atoms with van der Waals surface area (Å²) in [7, 11) is 0. The molecule has 16 nitrogen and oxygen atoms in total. The van der Waals surface area contributed by atoms with E-state index in [1.54, 1.807) is 6.07 Å². The van der Waals surface area contributed by atoms with Crippen LogP contribution in [0.25, 0.3) is 0 Å². The number of aliphatic carboxylic acids is 1. The number of hydrogen-bond acceptors (Lipinski definition) is 11. The number of fused-ring (bicyclic) bond motifs is 1. The van der Waals surface area contributed by atoms with E-state index in [2.05, 4.69) is 15.3 Å². The molecule has 0 spiro atoms. The lowest BCUT2D eigenvalue weighted by Gasteiger charge is -2.50. The molecular formula is C26H25N7O9S. The fourth-order valence-electron chi connectivity index (χ4n) is 5.24. The molecule has 0 bridgehead atoms. The van der Waals surface area contributed by atoms with Gasteiger partial charge in [-0.1, -0.05) is 23.0 Å². The summed E-state index contributed by atoms with van der Waals surface area (Å²) in [6, 6.07) is 3.92. The van der Waals surface area contributed by atoms with Crippen LogP contribution in [0.15, 0.2) is 63.6 Å². The van der Waals surface area contributed by atoms with Crippen LogP contribution in [0.2, 0.25) is 0 Å². The molecule has 4 aliphatic rings. The van der Waals surface area contributed by atoms with Crippen molar-refractivity contribution in [3.8, 4) is 0 Å². The van der Waals surface area contributed by atoms with Crippen molar-refractivity contribution in [1.82, 2.24) is 15.1 Å². The van der Waals surface area contributed by atoms with Gasteiger partial charge < -0.3 is 30.8 Å². The number of carbonyl (C=O) groups excluding carboxylic acids is 4. The lowest BCUT2D eigenvalue weighted by Crippen LogP contribution is -2.72. The Kier molecular flexibility index (Phi) is 7.90. The lowest BCUT2D eigenvalue weighted by atomic mass is 9.83. The molecule has 1 aromatic rings. The van der Waals surface area contributed by atoms with E-state index in [4.69, 9.17) is 5.73 Å². The third-order valence-electron chi connectivity index (χ3n) is 7.18. The Labute approximate surface area is 247 Å².